The largest absolute Gasteiger partial charge is 0.493 e. The number of aldehydes is 1. The molecule has 4 atom stereocenters. The highest BCUT2D eigenvalue weighted by molar-refractivity contribution is 14.1. The van der Waals surface area contributed by atoms with E-state index >= 15 is 0 Å². The molecular formula is C28H38IN3O9. The van der Waals surface area contributed by atoms with Gasteiger partial charge in [0.25, 0.3) is 5.91 Å². The summed E-state index contributed by atoms with van der Waals surface area (Å²) in [5, 5.41) is 23.6. The lowest BCUT2D eigenvalue weighted by Gasteiger charge is -2.42. The van der Waals surface area contributed by atoms with Gasteiger partial charge in [-0.25, -0.2) is 0 Å². The van der Waals surface area contributed by atoms with Crippen LogP contribution in [0.3, 0.4) is 0 Å². The molecule has 0 spiro atoms. The number of aliphatic hydroxyl groups excluding tert-OH is 2. The van der Waals surface area contributed by atoms with Crippen LogP contribution < -0.4 is 14.8 Å². The van der Waals surface area contributed by atoms with Crippen molar-refractivity contribution in [2.45, 2.75) is 43.6 Å². The minimum absolute atomic E-state index is 0.0589. The highest BCUT2D eigenvalue weighted by Crippen LogP contribution is 2.37. The van der Waals surface area contributed by atoms with Gasteiger partial charge in [-0.15, -0.1) is 0 Å². The molecule has 2 fully saturated rings. The van der Waals surface area contributed by atoms with Gasteiger partial charge in [0.05, 0.1) is 36.5 Å². The molecule has 0 aromatic heterocycles. The van der Waals surface area contributed by atoms with Crippen molar-refractivity contribution in [3.8, 4) is 11.5 Å². The Hall–Kier alpha value is -2.30. The Labute approximate surface area is 253 Å². The third-order valence-corrected chi connectivity index (χ3v) is 8.31. The molecule has 226 valence electrons. The molecule has 4 rings (SSSR count). The molecule has 2 amide bonds. The van der Waals surface area contributed by atoms with E-state index in [4.69, 9.17) is 18.9 Å². The van der Waals surface area contributed by atoms with Gasteiger partial charge in [-0.2, -0.15) is 0 Å². The maximum absolute atomic E-state index is 13.8. The molecule has 3 N–H and O–H groups in total. The number of nitrogens with zero attached hydrogens (tertiary/aromatic N) is 2. The van der Waals surface area contributed by atoms with Crippen LogP contribution in [0.1, 0.15) is 29.6 Å². The molecule has 0 radical (unpaired) electrons. The predicted molar refractivity (Wildman–Crippen MR) is 156 cm³/mol. The lowest BCUT2D eigenvalue weighted by Crippen LogP contribution is -2.58. The number of hydrogen-bond acceptors (Lipinski definition) is 10. The number of methoxy groups -OCH3 is 1. The number of halogens is 1. The Morgan fingerprint density at radius 3 is 2.71 bits per heavy atom. The first kappa shape index (κ1) is 31.6. The van der Waals surface area contributed by atoms with E-state index in [1.54, 1.807) is 17.0 Å². The molecule has 2 saturated heterocycles. The van der Waals surface area contributed by atoms with E-state index in [0.29, 0.717) is 71.8 Å². The lowest BCUT2D eigenvalue weighted by atomic mass is 9.87. The van der Waals surface area contributed by atoms with Gasteiger partial charge >= 0.3 is 0 Å². The normalized spacial score (nSPS) is 24.8. The van der Waals surface area contributed by atoms with Gasteiger partial charge in [-0.05, 0) is 53.6 Å². The molecule has 12 nitrogen and oxygen atoms in total. The molecule has 1 unspecified atom stereocenters. The molecule has 0 saturated carbocycles. The first-order valence-corrected chi connectivity index (χ1v) is 14.9. The zero-order valence-electron chi connectivity index (χ0n) is 23.1. The van der Waals surface area contributed by atoms with Gasteiger partial charge in [0.1, 0.15) is 24.6 Å². The maximum Gasteiger partial charge on any atom is 0.252 e. The van der Waals surface area contributed by atoms with Crippen molar-refractivity contribution >= 4 is 40.7 Å². The van der Waals surface area contributed by atoms with E-state index in [2.05, 4.69) is 10.2 Å². The summed E-state index contributed by atoms with van der Waals surface area (Å²) < 4.78 is 23.5. The molecule has 1 aromatic rings. The summed E-state index contributed by atoms with van der Waals surface area (Å²) in [4.78, 5) is 42.1. The number of aliphatic hydroxyl groups is 2. The van der Waals surface area contributed by atoms with Crippen molar-refractivity contribution in [1.29, 1.82) is 0 Å². The molecule has 41 heavy (non-hydrogen) atoms. The van der Waals surface area contributed by atoms with E-state index in [1.165, 1.54) is 13.2 Å². The predicted octanol–water partition coefficient (Wildman–Crippen LogP) is 0.368. The van der Waals surface area contributed by atoms with E-state index < -0.39 is 30.3 Å². The molecule has 0 bridgehead atoms. The van der Waals surface area contributed by atoms with Crippen molar-refractivity contribution < 1.29 is 43.5 Å². The molecular weight excluding hydrogens is 649 g/mol. The first-order valence-electron chi connectivity index (χ1n) is 13.9. The van der Waals surface area contributed by atoms with Gasteiger partial charge in [-0.1, -0.05) is 0 Å². The Kier molecular flexibility index (Phi) is 11.8. The lowest BCUT2D eigenvalue weighted by molar-refractivity contribution is -0.148. The van der Waals surface area contributed by atoms with Gasteiger partial charge in [0, 0.05) is 56.9 Å². The van der Waals surface area contributed by atoms with Crippen LogP contribution in [0.25, 0.3) is 0 Å². The topological polar surface area (TPSA) is 147 Å². The summed E-state index contributed by atoms with van der Waals surface area (Å²) >= 11 is 2.02. The van der Waals surface area contributed by atoms with E-state index in [9.17, 15) is 24.6 Å². The first-order chi connectivity index (χ1) is 19.9. The van der Waals surface area contributed by atoms with Crippen molar-refractivity contribution in [3.63, 3.8) is 0 Å². The van der Waals surface area contributed by atoms with Gasteiger partial charge < -0.3 is 39.4 Å². The minimum atomic E-state index is -1.19. The minimum Gasteiger partial charge on any atom is -0.493 e. The van der Waals surface area contributed by atoms with Crippen molar-refractivity contribution in [1.82, 2.24) is 15.1 Å². The Morgan fingerprint density at radius 1 is 1.27 bits per heavy atom. The monoisotopic (exact) mass is 687 g/mol. The summed E-state index contributed by atoms with van der Waals surface area (Å²) in [5.74, 6) is -0.0361. The Bertz CT molecular complexity index is 1110. The van der Waals surface area contributed by atoms with E-state index in [1.807, 2.05) is 22.6 Å². The van der Waals surface area contributed by atoms with Gasteiger partial charge in [-0.3, -0.25) is 19.3 Å². The van der Waals surface area contributed by atoms with Crippen LogP contribution in [0.15, 0.2) is 23.8 Å². The molecule has 3 aliphatic rings. The average molecular weight is 688 g/mol. The number of amides is 2. The number of benzene rings is 1. The van der Waals surface area contributed by atoms with Crippen LogP contribution in [0.2, 0.25) is 0 Å². The van der Waals surface area contributed by atoms with Crippen molar-refractivity contribution in [2.24, 2.45) is 0 Å². The highest BCUT2D eigenvalue weighted by atomic mass is 127. The summed E-state index contributed by atoms with van der Waals surface area (Å²) in [6.45, 7) is 3.94. The van der Waals surface area contributed by atoms with Crippen molar-refractivity contribution in [3.05, 3.63) is 32.9 Å². The summed E-state index contributed by atoms with van der Waals surface area (Å²) in [5.41, 5.74) is 0.727. The number of nitrogens with one attached hydrogen (secondary N) is 1. The van der Waals surface area contributed by atoms with Crippen LogP contribution in [0.4, 0.5) is 0 Å². The summed E-state index contributed by atoms with van der Waals surface area (Å²) in [6.07, 6.45) is 0.894. The molecule has 1 aliphatic carbocycles. The standard InChI is InChI=1S/C28H38IN3O9/c1-38-24-14-18(17-34)13-20(29)26(24)41-23-16-19(27(36)30-4-9-33)15-21(25(23)35)32(28(37)22-3-2-10-40-22)6-5-31-7-11-39-12-8-31/h13-14,16-17,21-23,25,33,35H,2-12,15H2,1H3,(H,30,36)/t21-,22?,23+,25+/m1/s1. The van der Waals surface area contributed by atoms with Crippen LogP contribution in [0, 0.1) is 3.57 Å². The van der Waals surface area contributed by atoms with Crippen LogP contribution in [-0.2, 0) is 19.1 Å². The molecule has 2 heterocycles. The highest BCUT2D eigenvalue weighted by Gasteiger charge is 2.43. The fourth-order valence-corrected chi connectivity index (χ4v) is 6.06. The van der Waals surface area contributed by atoms with Crippen LogP contribution in [-0.4, -0.2) is 129 Å². The number of carbonyl (C=O) groups is 3. The zero-order chi connectivity index (χ0) is 29.4. The Morgan fingerprint density at radius 2 is 2.05 bits per heavy atom. The summed E-state index contributed by atoms with van der Waals surface area (Å²) in [7, 11) is 1.45. The smallest absolute Gasteiger partial charge is 0.252 e. The number of carbonyl (C=O) groups excluding carboxylic acids is 3. The SMILES string of the molecule is COc1cc(C=O)cc(I)c1O[C@H]1C=C(C(=O)NCCO)C[C@@H](N(CCN2CCOCC2)C(=O)C2CCCO2)[C@@H]1O. The number of ether oxygens (including phenoxy) is 4. The third-order valence-electron chi connectivity index (χ3n) is 7.51. The van der Waals surface area contributed by atoms with E-state index in [-0.39, 0.29) is 25.5 Å². The summed E-state index contributed by atoms with van der Waals surface area (Å²) in [6, 6.07) is 2.38. The second kappa shape index (κ2) is 15.3. The quantitative estimate of drug-likeness (QED) is 0.208. The van der Waals surface area contributed by atoms with Crippen molar-refractivity contribution in [2.75, 3.05) is 66.3 Å². The number of morpholine rings is 1. The number of hydrogen-bond donors (Lipinski definition) is 3. The third kappa shape index (κ3) is 7.96. The van der Waals surface area contributed by atoms with E-state index in [0.717, 1.165) is 19.5 Å². The molecule has 13 heteroatoms. The fourth-order valence-electron chi connectivity index (χ4n) is 5.31. The second-order valence-corrected chi connectivity index (χ2v) is 11.3. The van der Waals surface area contributed by atoms with Gasteiger partial charge in [0.2, 0.25) is 5.91 Å². The molecule has 2 aliphatic heterocycles. The average Bonchev–Trinajstić information content (AvgIpc) is 3.54. The van der Waals surface area contributed by atoms with Crippen LogP contribution in [0.5, 0.6) is 11.5 Å². The number of rotatable bonds is 12. The maximum atomic E-state index is 13.8. The van der Waals surface area contributed by atoms with Gasteiger partial charge in [0.15, 0.2) is 11.5 Å². The Balaban J connectivity index is 1.66. The second-order valence-electron chi connectivity index (χ2n) is 10.2. The molecule has 1 aromatic carbocycles. The fraction of sp³-hybridized carbons (Fsp3) is 0.607. The van der Waals surface area contributed by atoms with Crippen LogP contribution >= 0.6 is 22.6 Å². The zero-order valence-corrected chi connectivity index (χ0v) is 25.3.